The van der Waals surface area contributed by atoms with E-state index >= 15 is 0 Å². The molecule has 6 nitrogen and oxygen atoms in total. The molecule has 4 aromatic carbocycles. The van der Waals surface area contributed by atoms with E-state index in [-0.39, 0.29) is 5.75 Å². The smallest absolute Gasteiger partial charge is 0.220 e. The second kappa shape index (κ2) is 14.9. The van der Waals surface area contributed by atoms with Gasteiger partial charge in [-0.15, -0.1) is 0 Å². The predicted octanol–water partition coefficient (Wildman–Crippen LogP) is 8.40. The van der Waals surface area contributed by atoms with Gasteiger partial charge in [0.2, 0.25) is 5.69 Å². The Morgan fingerprint density at radius 3 is 1.80 bits per heavy atom. The maximum Gasteiger partial charge on any atom is 0.220 e. The van der Waals surface area contributed by atoms with Crippen LogP contribution in [0.1, 0.15) is 64.1 Å². The Morgan fingerprint density at radius 2 is 1.27 bits per heavy atom. The second-order valence-corrected chi connectivity index (χ2v) is 13.3. The summed E-state index contributed by atoms with van der Waals surface area (Å²) in [6.45, 7) is 8.15. The van der Waals surface area contributed by atoms with E-state index in [9.17, 15) is 13.0 Å². The molecule has 0 spiro atoms. The van der Waals surface area contributed by atoms with Crippen molar-refractivity contribution in [1.29, 1.82) is 0 Å². The van der Waals surface area contributed by atoms with Crippen LogP contribution in [0.25, 0.3) is 38.4 Å². The zero-order valence-corrected chi connectivity index (χ0v) is 27.6. The van der Waals surface area contributed by atoms with Gasteiger partial charge in [0, 0.05) is 59.7 Å². The Kier molecular flexibility index (Phi) is 10.7. The van der Waals surface area contributed by atoms with Crippen molar-refractivity contribution in [3.63, 3.8) is 0 Å². The number of nitrogens with zero attached hydrogens (tertiary/aromatic N) is 1. The van der Waals surface area contributed by atoms with Gasteiger partial charge >= 0.3 is 0 Å². The lowest BCUT2D eigenvalue weighted by molar-refractivity contribution is -0.605. The number of rotatable bonds is 12. The highest BCUT2D eigenvalue weighted by Crippen LogP contribution is 2.39. The summed E-state index contributed by atoms with van der Waals surface area (Å²) in [5.41, 5.74) is 9.37. The molecule has 0 atom stereocenters. The molecule has 1 aromatic heterocycles. The summed E-state index contributed by atoms with van der Waals surface area (Å²) in [7, 11) is -3.92. The molecule has 1 heterocycles. The third-order valence-corrected chi connectivity index (χ3v) is 9.36. The quantitative estimate of drug-likeness (QED) is 0.0828. The monoisotopic (exact) mass is 623 g/mol. The van der Waals surface area contributed by atoms with E-state index in [2.05, 4.69) is 114 Å². The molecular weight excluding hydrogens is 579 g/mol. The molecular formula is C38H45N3O3S. The van der Waals surface area contributed by atoms with Crippen LogP contribution in [0.2, 0.25) is 0 Å². The number of fused-ring (bicyclic) bond motifs is 3. The first-order valence-electron chi connectivity index (χ1n) is 16.4. The van der Waals surface area contributed by atoms with Crippen LogP contribution in [-0.4, -0.2) is 31.8 Å². The van der Waals surface area contributed by atoms with Gasteiger partial charge in [-0.3, -0.25) is 0 Å². The third-order valence-electron chi connectivity index (χ3n) is 8.45. The molecule has 6 rings (SSSR count). The lowest BCUT2D eigenvalue weighted by Gasteiger charge is -2.22. The van der Waals surface area contributed by atoms with Crippen LogP contribution in [0.3, 0.4) is 0 Å². The van der Waals surface area contributed by atoms with Gasteiger partial charge in [-0.1, -0.05) is 88.2 Å². The van der Waals surface area contributed by atoms with Crippen LogP contribution in [0.5, 0.6) is 0 Å². The highest BCUT2D eigenvalue weighted by atomic mass is 32.2. The molecule has 2 N–H and O–H groups in total. The van der Waals surface area contributed by atoms with Crippen molar-refractivity contribution >= 4 is 43.0 Å². The first-order chi connectivity index (χ1) is 21.9. The molecule has 1 aliphatic rings. The summed E-state index contributed by atoms with van der Waals surface area (Å²) >= 11 is 0. The molecule has 0 amide bonds. The Bertz CT molecular complexity index is 1750. The van der Waals surface area contributed by atoms with Crippen molar-refractivity contribution < 1.29 is 17.5 Å². The maximum absolute atomic E-state index is 9.68. The SMILES string of the molecule is CCCCNc1cccc2cccc(-c3cc[n+](-c4cccc5cccc(NCCCC)c45)c4c3CC4)c12.CCCS(=O)(=O)[O-]. The van der Waals surface area contributed by atoms with Crippen LogP contribution in [-0.2, 0) is 23.0 Å². The number of unbranched alkanes of at least 4 members (excludes halogenated alkanes) is 2. The molecule has 45 heavy (non-hydrogen) atoms. The summed E-state index contributed by atoms with van der Waals surface area (Å²) < 4.78 is 31.5. The largest absolute Gasteiger partial charge is 0.748 e. The van der Waals surface area contributed by atoms with Gasteiger partial charge in [0.05, 0.1) is 15.5 Å². The molecule has 5 aromatic rings. The first-order valence-corrected chi connectivity index (χ1v) is 18.0. The van der Waals surface area contributed by atoms with Crippen molar-refractivity contribution in [1.82, 2.24) is 0 Å². The zero-order chi connectivity index (χ0) is 31.8. The average Bonchev–Trinajstić information content (AvgIpc) is 3.01. The van der Waals surface area contributed by atoms with Crippen molar-refractivity contribution in [2.75, 3.05) is 29.5 Å². The summed E-state index contributed by atoms with van der Waals surface area (Å²) in [5, 5.41) is 12.7. The Morgan fingerprint density at radius 1 is 0.689 bits per heavy atom. The van der Waals surface area contributed by atoms with Gasteiger partial charge in [0.25, 0.3) is 0 Å². The van der Waals surface area contributed by atoms with Crippen LogP contribution in [0.15, 0.2) is 85.1 Å². The number of benzene rings is 4. The maximum atomic E-state index is 9.68. The van der Waals surface area contributed by atoms with Gasteiger partial charge in [-0.05, 0) is 59.7 Å². The van der Waals surface area contributed by atoms with Crippen LogP contribution in [0, 0.1) is 0 Å². The number of hydrogen-bond donors (Lipinski definition) is 2. The lowest BCUT2D eigenvalue weighted by Crippen LogP contribution is -2.41. The molecule has 0 saturated heterocycles. The minimum absolute atomic E-state index is 0.243. The Hall–Kier alpha value is -3.94. The molecule has 7 heteroatoms. The van der Waals surface area contributed by atoms with Gasteiger partial charge in [-0.25, -0.2) is 8.42 Å². The normalized spacial score (nSPS) is 12.3. The minimum Gasteiger partial charge on any atom is -0.748 e. The van der Waals surface area contributed by atoms with Gasteiger partial charge in [0.15, 0.2) is 11.9 Å². The third kappa shape index (κ3) is 7.48. The number of hydrogen-bond acceptors (Lipinski definition) is 5. The van der Waals surface area contributed by atoms with E-state index in [1.165, 1.54) is 86.7 Å². The van der Waals surface area contributed by atoms with E-state index in [4.69, 9.17) is 0 Å². The molecule has 0 fully saturated rings. The summed E-state index contributed by atoms with van der Waals surface area (Å²) in [6, 6.07) is 29.1. The van der Waals surface area contributed by atoms with Crippen molar-refractivity contribution in [2.24, 2.45) is 0 Å². The van der Waals surface area contributed by atoms with E-state index in [0.717, 1.165) is 25.9 Å². The standard InChI is InChI=1S/C35H38N3.C3H8O3S/c1-3-5-22-36-30-16-8-12-25-11-7-15-29(34(25)30)27-21-24-38(32-20-19-28(27)32)33-18-10-14-26-13-9-17-31(35(26)33)37-23-6-4-2;1-2-3-7(4,5)6/h7-18,21,24,36-37H,3-6,19-20,22-23H2,1-2H3;2-3H2,1H3,(H,4,5,6)/q+1;/p-1. The molecule has 0 unspecified atom stereocenters. The molecule has 236 valence electrons. The number of anilines is 2. The molecule has 0 bridgehead atoms. The van der Waals surface area contributed by atoms with Gasteiger partial charge in [-0.2, -0.15) is 4.57 Å². The predicted molar refractivity (Wildman–Crippen MR) is 187 cm³/mol. The van der Waals surface area contributed by atoms with Crippen LogP contribution < -0.4 is 15.2 Å². The molecule has 1 aliphatic carbocycles. The van der Waals surface area contributed by atoms with Crippen molar-refractivity contribution in [3.05, 3.63) is 96.3 Å². The number of pyridine rings is 1. The summed E-state index contributed by atoms with van der Waals surface area (Å²) in [4.78, 5) is 0. The number of aromatic nitrogens is 1. The topological polar surface area (TPSA) is 85.1 Å². The lowest BCUT2D eigenvalue weighted by atomic mass is 9.84. The highest BCUT2D eigenvalue weighted by Gasteiger charge is 2.31. The Labute approximate surface area is 268 Å². The summed E-state index contributed by atoms with van der Waals surface area (Å²) in [5.74, 6) is -0.243. The molecule has 0 aliphatic heterocycles. The fourth-order valence-corrected chi connectivity index (χ4v) is 6.67. The van der Waals surface area contributed by atoms with Gasteiger partial charge in [0.1, 0.15) is 0 Å². The van der Waals surface area contributed by atoms with E-state index in [1.54, 1.807) is 6.92 Å². The van der Waals surface area contributed by atoms with E-state index < -0.39 is 10.1 Å². The Balaban J connectivity index is 0.000000515. The summed E-state index contributed by atoms with van der Waals surface area (Å²) in [6.07, 6.45) is 9.69. The van der Waals surface area contributed by atoms with E-state index in [0.29, 0.717) is 6.42 Å². The van der Waals surface area contributed by atoms with Crippen LogP contribution >= 0.6 is 0 Å². The van der Waals surface area contributed by atoms with Crippen molar-refractivity contribution in [2.45, 2.75) is 65.7 Å². The fourth-order valence-electron chi connectivity index (χ4n) is 6.17. The molecule has 0 saturated carbocycles. The first kappa shape index (κ1) is 32.5. The second-order valence-electron chi connectivity index (χ2n) is 11.7. The fraction of sp³-hybridized carbons (Fsp3) is 0.342. The van der Waals surface area contributed by atoms with E-state index in [1.807, 2.05) is 0 Å². The number of nitrogens with one attached hydrogen (secondary N) is 2. The molecule has 0 radical (unpaired) electrons. The highest BCUT2D eigenvalue weighted by molar-refractivity contribution is 7.85. The zero-order valence-electron chi connectivity index (χ0n) is 26.7. The van der Waals surface area contributed by atoms with Gasteiger partial charge < -0.3 is 15.2 Å². The average molecular weight is 624 g/mol. The van der Waals surface area contributed by atoms with Crippen LogP contribution in [0.4, 0.5) is 11.4 Å². The minimum atomic E-state index is -3.92. The van der Waals surface area contributed by atoms with Crippen molar-refractivity contribution in [3.8, 4) is 16.8 Å².